The van der Waals surface area contributed by atoms with Crippen LogP contribution in [-0.4, -0.2) is 74.8 Å². The van der Waals surface area contributed by atoms with E-state index in [2.05, 4.69) is 24.0 Å². The number of halogens is 1. The van der Waals surface area contributed by atoms with Gasteiger partial charge in [0.2, 0.25) is 0 Å². The number of benzene rings is 1. The predicted molar refractivity (Wildman–Crippen MR) is 105 cm³/mol. The molecule has 1 saturated heterocycles. The van der Waals surface area contributed by atoms with Gasteiger partial charge in [0.1, 0.15) is 5.56 Å². The maximum atomic E-state index is 13.8. The minimum Gasteiger partial charge on any atom is -0.494 e. The summed E-state index contributed by atoms with van der Waals surface area (Å²) in [4.78, 5) is 19.3. The van der Waals surface area contributed by atoms with Crippen LogP contribution in [0.15, 0.2) is 22.7 Å². The Morgan fingerprint density at radius 2 is 2.14 bits per heavy atom. The summed E-state index contributed by atoms with van der Waals surface area (Å²) in [6.45, 7) is 4.22. The Labute approximate surface area is 164 Å². The van der Waals surface area contributed by atoms with Crippen molar-refractivity contribution in [2.24, 2.45) is 0 Å². The van der Waals surface area contributed by atoms with E-state index < -0.39 is 5.82 Å². The molecule has 0 spiro atoms. The fourth-order valence-electron chi connectivity index (χ4n) is 3.51. The molecule has 0 radical (unpaired) electrons. The number of likely N-dealkylation sites (N-methyl/N-ethyl adjacent to an activating group) is 1. The number of rotatable bonds is 5. The highest BCUT2D eigenvalue weighted by Crippen LogP contribution is 2.34. The number of hydrogen-bond donors (Lipinski definition) is 0. The van der Waals surface area contributed by atoms with Crippen molar-refractivity contribution in [3.63, 3.8) is 0 Å². The van der Waals surface area contributed by atoms with Gasteiger partial charge >= 0.3 is 0 Å². The van der Waals surface area contributed by atoms with Gasteiger partial charge in [-0.3, -0.25) is 9.69 Å². The molecule has 2 heterocycles. The lowest BCUT2D eigenvalue weighted by molar-refractivity contribution is 0.0542. The van der Waals surface area contributed by atoms with Crippen molar-refractivity contribution >= 4 is 11.7 Å². The SMILES string of the molecule is CCC1CN(C(=O)c2c(N(C)C)noc2-c2ccc(F)c(OC)c2)CCN1C. The van der Waals surface area contributed by atoms with E-state index in [1.54, 1.807) is 11.0 Å². The van der Waals surface area contributed by atoms with Crippen LogP contribution in [0.25, 0.3) is 11.3 Å². The van der Waals surface area contributed by atoms with Gasteiger partial charge in [-0.05, 0) is 31.7 Å². The van der Waals surface area contributed by atoms with Crippen molar-refractivity contribution < 1.29 is 18.4 Å². The first-order chi connectivity index (χ1) is 13.4. The molecule has 0 bridgehead atoms. The normalized spacial score (nSPS) is 17.6. The Hall–Kier alpha value is -2.61. The summed E-state index contributed by atoms with van der Waals surface area (Å²) >= 11 is 0. The van der Waals surface area contributed by atoms with Gasteiger partial charge in [-0.1, -0.05) is 12.1 Å². The maximum absolute atomic E-state index is 13.8. The van der Waals surface area contributed by atoms with Crippen LogP contribution in [0, 0.1) is 5.82 Å². The molecule has 8 heteroatoms. The van der Waals surface area contributed by atoms with Crippen molar-refractivity contribution in [2.75, 3.05) is 52.8 Å². The lowest BCUT2D eigenvalue weighted by Gasteiger charge is -2.39. The molecule has 28 heavy (non-hydrogen) atoms. The van der Waals surface area contributed by atoms with Crippen LogP contribution in [0.4, 0.5) is 10.2 Å². The van der Waals surface area contributed by atoms with E-state index in [0.29, 0.717) is 41.8 Å². The molecule has 0 saturated carbocycles. The van der Waals surface area contributed by atoms with Crippen molar-refractivity contribution in [3.05, 3.63) is 29.6 Å². The van der Waals surface area contributed by atoms with Crippen LogP contribution in [0.3, 0.4) is 0 Å². The molecule has 1 amide bonds. The highest BCUT2D eigenvalue weighted by Gasteiger charge is 2.33. The lowest BCUT2D eigenvalue weighted by atomic mass is 10.0. The van der Waals surface area contributed by atoms with Gasteiger partial charge < -0.3 is 19.1 Å². The molecule has 1 atom stereocenters. The van der Waals surface area contributed by atoms with E-state index in [1.165, 1.54) is 19.2 Å². The van der Waals surface area contributed by atoms with E-state index in [9.17, 15) is 9.18 Å². The summed E-state index contributed by atoms with van der Waals surface area (Å²) in [5.41, 5.74) is 0.932. The molecular formula is C20H27FN4O3. The number of nitrogens with zero attached hydrogens (tertiary/aromatic N) is 4. The van der Waals surface area contributed by atoms with Crippen LogP contribution < -0.4 is 9.64 Å². The molecule has 7 nitrogen and oxygen atoms in total. The summed E-state index contributed by atoms with van der Waals surface area (Å²) in [5.74, 6) is 0.254. The third-order valence-electron chi connectivity index (χ3n) is 5.26. The molecule has 1 aromatic heterocycles. The topological polar surface area (TPSA) is 62.1 Å². The van der Waals surface area contributed by atoms with E-state index in [4.69, 9.17) is 9.26 Å². The summed E-state index contributed by atoms with van der Waals surface area (Å²) in [6, 6.07) is 4.69. The summed E-state index contributed by atoms with van der Waals surface area (Å²) in [6.07, 6.45) is 0.965. The Balaban J connectivity index is 2.02. The molecule has 2 aromatic rings. The molecule has 0 N–H and O–H groups in total. The maximum Gasteiger partial charge on any atom is 0.261 e. The van der Waals surface area contributed by atoms with Gasteiger partial charge in [-0.25, -0.2) is 4.39 Å². The summed E-state index contributed by atoms with van der Waals surface area (Å²) in [5, 5.41) is 4.10. The van der Waals surface area contributed by atoms with Crippen molar-refractivity contribution in [3.8, 4) is 17.1 Å². The fraction of sp³-hybridized carbons (Fsp3) is 0.500. The van der Waals surface area contributed by atoms with Crippen molar-refractivity contribution in [1.29, 1.82) is 0 Å². The van der Waals surface area contributed by atoms with E-state index in [-0.39, 0.29) is 11.7 Å². The second-order valence-corrected chi connectivity index (χ2v) is 7.25. The molecule has 1 aliphatic rings. The molecule has 3 rings (SSSR count). The number of carbonyl (C=O) groups excluding carboxylic acids is 1. The molecular weight excluding hydrogens is 363 g/mol. The second kappa shape index (κ2) is 8.18. The highest BCUT2D eigenvalue weighted by atomic mass is 19.1. The van der Waals surface area contributed by atoms with E-state index in [1.807, 2.05) is 19.0 Å². The number of anilines is 1. The number of ether oxygens (including phenoxy) is 1. The minimum absolute atomic E-state index is 0.0874. The molecule has 1 fully saturated rings. The monoisotopic (exact) mass is 390 g/mol. The third kappa shape index (κ3) is 3.69. The largest absolute Gasteiger partial charge is 0.494 e. The zero-order chi connectivity index (χ0) is 20.4. The van der Waals surface area contributed by atoms with Crippen LogP contribution >= 0.6 is 0 Å². The predicted octanol–water partition coefficient (Wildman–Crippen LogP) is 2.72. The summed E-state index contributed by atoms with van der Waals surface area (Å²) < 4.78 is 24.4. The summed E-state index contributed by atoms with van der Waals surface area (Å²) in [7, 11) is 7.09. The van der Waals surface area contributed by atoms with Gasteiger partial charge in [-0.2, -0.15) is 0 Å². The average Bonchev–Trinajstić information content (AvgIpc) is 3.13. The third-order valence-corrected chi connectivity index (χ3v) is 5.26. The number of amides is 1. The molecule has 152 valence electrons. The molecule has 1 unspecified atom stereocenters. The van der Waals surface area contributed by atoms with Crippen LogP contribution in [0.2, 0.25) is 0 Å². The molecule has 1 aromatic carbocycles. The second-order valence-electron chi connectivity index (χ2n) is 7.25. The van der Waals surface area contributed by atoms with Gasteiger partial charge in [0, 0.05) is 45.3 Å². The van der Waals surface area contributed by atoms with Crippen LogP contribution in [-0.2, 0) is 0 Å². The molecule has 1 aliphatic heterocycles. The number of hydrogen-bond acceptors (Lipinski definition) is 6. The lowest BCUT2D eigenvalue weighted by Crippen LogP contribution is -2.53. The van der Waals surface area contributed by atoms with Gasteiger partial charge in [0.15, 0.2) is 23.1 Å². The minimum atomic E-state index is -0.476. The van der Waals surface area contributed by atoms with Gasteiger partial charge in [0.05, 0.1) is 7.11 Å². The van der Waals surface area contributed by atoms with Crippen LogP contribution in [0.1, 0.15) is 23.7 Å². The zero-order valence-electron chi connectivity index (χ0n) is 17.0. The Morgan fingerprint density at radius 1 is 1.39 bits per heavy atom. The number of aromatic nitrogens is 1. The number of methoxy groups -OCH3 is 1. The van der Waals surface area contributed by atoms with Crippen LogP contribution in [0.5, 0.6) is 5.75 Å². The fourth-order valence-corrected chi connectivity index (χ4v) is 3.51. The van der Waals surface area contributed by atoms with Gasteiger partial charge in [-0.15, -0.1) is 0 Å². The standard InChI is InChI=1S/C20H27FN4O3/c1-6-14-12-25(10-9-24(14)4)20(26)17-18(28-22-19(17)23(2)3)13-7-8-15(21)16(11-13)27-5/h7-8,11,14H,6,9-10,12H2,1-5H3. The molecule has 0 aliphatic carbocycles. The van der Waals surface area contributed by atoms with E-state index >= 15 is 0 Å². The van der Waals surface area contributed by atoms with Crippen molar-refractivity contribution in [2.45, 2.75) is 19.4 Å². The smallest absolute Gasteiger partial charge is 0.261 e. The first-order valence-corrected chi connectivity index (χ1v) is 9.37. The Bertz CT molecular complexity index is 852. The number of carbonyl (C=O) groups is 1. The average molecular weight is 390 g/mol. The highest BCUT2D eigenvalue weighted by molar-refractivity contribution is 6.04. The Kier molecular flexibility index (Phi) is 5.88. The Morgan fingerprint density at radius 3 is 2.79 bits per heavy atom. The quantitative estimate of drug-likeness (QED) is 0.782. The van der Waals surface area contributed by atoms with E-state index in [0.717, 1.165) is 13.0 Å². The van der Waals surface area contributed by atoms with Gasteiger partial charge in [0.25, 0.3) is 5.91 Å². The first-order valence-electron chi connectivity index (χ1n) is 9.37. The number of piperazine rings is 1. The van der Waals surface area contributed by atoms with Crippen molar-refractivity contribution in [1.82, 2.24) is 15.0 Å². The first kappa shape index (κ1) is 20.1. The zero-order valence-corrected chi connectivity index (χ0v) is 17.0.